The highest BCUT2D eigenvalue weighted by molar-refractivity contribution is 7.99. The van der Waals surface area contributed by atoms with Crippen LogP contribution < -0.4 is 5.73 Å². The predicted molar refractivity (Wildman–Crippen MR) is 103 cm³/mol. The largest absolute Gasteiger partial charge is 0.465 e. The SMILES string of the molecule is C1CCSC1.CCCCC(=O)OCC1(C)COC(C)(C)OC1.NC(=O)O. The van der Waals surface area contributed by atoms with Gasteiger partial charge in [-0.3, -0.25) is 4.79 Å². The first-order valence-electron chi connectivity index (χ1n) is 9.10. The Kier molecular flexibility index (Phi) is 12.7. The second kappa shape index (κ2) is 13.2. The van der Waals surface area contributed by atoms with Gasteiger partial charge in [-0.15, -0.1) is 0 Å². The summed E-state index contributed by atoms with van der Waals surface area (Å²) in [6, 6.07) is 0. The van der Waals surface area contributed by atoms with Crippen molar-refractivity contribution in [3.05, 3.63) is 0 Å². The molecule has 3 N–H and O–H groups in total. The summed E-state index contributed by atoms with van der Waals surface area (Å²) >= 11 is 2.07. The minimum absolute atomic E-state index is 0.127. The maximum absolute atomic E-state index is 11.4. The molecule has 0 bridgehead atoms. The molecule has 0 spiro atoms. The van der Waals surface area contributed by atoms with Crippen LogP contribution in [0.4, 0.5) is 4.79 Å². The van der Waals surface area contributed by atoms with Crippen molar-refractivity contribution >= 4 is 23.8 Å². The molecule has 0 saturated carbocycles. The van der Waals surface area contributed by atoms with Crippen LogP contribution in [0.2, 0.25) is 0 Å². The van der Waals surface area contributed by atoms with Gasteiger partial charge < -0.3 is 25.1 Å². The zero-order chi connectivity index (χ0) is 20.1. The van der Waals surface area contributed by atoms with Gasteiger partial charge in [0.05, 0.1) is 13.2 Å². The Labute approximate surface area is 161 Å². The van der Waals surface area contributed by atoms with E-state index in [9.17, 15) is 4.79 Å². The van der Waals surface area contributed by atoms with Crippen LogP contribution in [0.5, 0.6) is 0 Å². The highest BCUT2D eigenvalue weighted by Crippen LogP contribution is 2.29. The number of carboxylic acid groups (broad SMARTS) is 1. The molecule has 2 aliphatic rings. The van der Waals surface area contributed by atoms with Gasteiger partial charge in [0, 0.05) is 11.8 Å². The molecule has 154 valence electrons. The van der Waals surface area contributed by atoms with E-state index in [1.165, 1.54) is 24.3 Å². The lowest BCUT2D eigenvalue weighted by molar-refractivity contribution is -0.287. The number of thioether (sulfide) groups is 1. The Morgan fingerprint density at radius 3 is 2.04 bits per heavy atom. The molecule has 7 nitrogen and oxygen atoms in total. The van der Waals surface area contributed by atoms with Crippen molar-refractivity contribution in [1.29, 1.82) is 0 Å². The topological polar surface area (TPSA) is 108 Å². The van der Waals surface area contributed by atoms with Gasteiger partial charge in [0.15, 0.2) is 5.79 Å². The Hall–Kier alpha value is -0.990. The number of esters is 1. The van der Waals surface area contributed by atoms with Crippen LogP contribution in [-0.4, -0.2) is 54.3 Å². The average Bonchev–Trinajstić information content (AvgIpc) is 3.14. The van der Waals surface area contributed by atoms with Crippen molar-refractivity contribution < 1.29 is 28.9 Å². The zero-order valence-corrected chi connectivity index (χ0v) is 17.4. The van der Waals surface area contributed by atoms with E-state index in [1.807, 2.05) is 20.8 Å². The molecule has 0 radical (unpaired) electrons. The first kappa shape index (κ1) is 25.0. The Balaban J connectivity index is 0.000000566. The molecule has 2 saturated heterocycles. The average molecular weight is 394 g/mol. The number of primary amides is 1. The summed E-state index contributed by atoms with van der Waals surface area (Å²) in [6.45, 7) is 9.32. The van der Waals surface area contributed by atoms with Crippen LogP contribution in [0.25, 0.3) is 0 Å². The second-order valence-electron chi connectivity index (χ2n) is 7.21. The number of carbonyl (C=O) groups excluding carboxylic acids is 1. The van der Waals surface area contributed by atoms with Gasteiger partial charge in [0.1, 0.15) is 6.61 Å². The van der Waals surface area contributed by atoms with Gasteiger partial charge in [-0.2, -0.15) is 11.8 Å². The summed E-state index contributed by atoms with van der Waals surface area (Å²) in [6.07, 6.45) is 3.98. The number of nitrogens with two attached hydrogens (primary N) is 1. The van der Waals surface area contributed by atoms with E-state index >= 15 is 0 Å². The lowest BCUT2D eigenvalue weighted by Crippen LogP contribution is -2.47. The highest BCUT2D eigenvalue weighted by Gasteiger charge is 2.37. The molecule has 8 heteroatoms. The Morgan fingerprint density at radius 2 is 1.65 bits per heavy atom. The molecule has 0 unspecified atom stereocenters. The molecule has 0 aliphatic carbocycles. The molecule has 0 aromatic heterocycles. The lowest BCUT2D eigenvalue weighted by Gasteiger charge is -2.40. The number of rotatable bonds is 5. The predicted octanol–water partition coefficient (Wildman–Crippen LogP) is 3.65. The smallest absolute Gasteiger partial charge is 0.402 e. The van der Waals surface area contributed by atoms with Crippen molar-refractivity contribution in [2.75, 3.05) is 31.3 Å². The van der Waals surface area contributed by atoms with Gasteiger partial charge in [-0.05, 0) is 44.6 Å². The van der Waals surface area contributed by atoms with E-state index in [0.29, 0.717) is 26.2 Å². The van der Waals surface area contributed by atoms with Crippen LogP contribution in [0.3, 0.4) is 0 Å². The van der Waals surface area contributed by atoms with E-state index in [-0.39, 0.29) is 11.4 Å². The van der Waals surface area contributed by atoms with E-state index in [1.54, 1.807) is 0 Å². The number of ether oxygens (including phenoxy) is 3. The summed E-state index contributed by atoms with van der Waals surface area (Å²) in [7, 11) is 0. The standard InChI is InChI=1S/C13H24O4.C4H8S.CH3NO2/c1-5-6-7-11(14)15-8-13(4)9-16-12(2,3)17-10-13;1-2-4-5-3-1;2-1(3)4/h5-10H2,1-4H3;1-4H2;2H2,(H,3,4). The van der Waals surface area contributed by atoms with Gasteiger partial charge in [-0.25, -0.2) is 4.79 Å². The van der Waals surface area contributed by atoms with Gasteiger partial charge in [0.2, 0.25) is 0 Å². The van der Waals surface area contributed by atoms with Crippen molar-refractivity contribution in [3.63, 3.8) is 0 Å². The van der Waals surface area contributed by atoms with E-state index in [2.05, 4.69) is 24.4 Å². The molecule has 2 fully saturated rings. The van der Waals surface area contributed by atoms with E-state index in [4.69, 9.17) is 24.1 Å². The van der Waals surface area contributed by atoms with Crippen molar-refractivity contribution in [2.24, 2.45) is 11.1 Å². The first-order valence-corrected chi connectivity index (χ1v) is 10.3. The number of amides is 1. The first-order chi connectivity index (χ1) is 12.1. The third kappa shape index (κ3) is 14.2. The summed E-state index contributed by atoms with van der Waals surface area (Å²) in [5, 5.41) is 7.19. The Bertz CT molecular complexity index is 391. The molecule has 0 aromatic rings. The minimum Gasteiger partial charge on any atom is -0.465 e. The number of unbranched alkanes of at least 4 members (excludes halogenated alkanes) is 1. The fourth-order valence-corrected chi connectivity index (χ4v) is 3.04. The highest BCUT2D eigenvalue weighted by atomic mass is 32.2. The molecule has 1 amide bonds. The zero-order valence-electron chi connectivity index (χ0n) is 16.5. The van der Waals surface area contributed by atoms with E-state index < -0.39 is 11.9 Å². The monoisotopic (exact) mass is 393 g/mol. The number of hydrogen-bond donors (Lipinski definition) is 2. The molecule has 2 heterocycles. The molecule has 2 rings (SSSR count). The molecular formula is C18H35NO6S. The summed E-state index contributed by atoms with van der Waals surface area (Å²) < 4.78 is 16.4. The third-order valence-corrected chi connectivity index (χ3v) is 4.83. The second-order valence-corrected chi connectivity index (χ2v) is 8.43. The fourth-order valence-electron chi connectivity index (χ4n) is 2.02. The lowest BCUT2D eigenvalue weighted by atomic mass is 9.93. The quantitative estimate of drug-likeness (QED) is 0.686. The van der Waals surface area contributed by atoms with Gasteiger partial charge >= 0.3 is 12.1 Å². The maximum Gasteiger partial charge on any atom is 0.402 e. The van der Waals surface area contributed by atoms with Crippen LogP contribution >= 0.6 is 11.8 Å². The Morgan fingerprint density at radius 1 is 1.15 bits per heavy atom. The molecule has 26 heavy (non-hydrogen) atoms. The van der Waals surface area contributed by atoms with Crippen molar-refractivity contribution in [3.8, 4) is 0 Å². The number of carbonyl (C=O) groups is 2. The maximum atomic E-state index is 11.4. The van der Waals surface area contributed by atoms with Crippen LogP contribution in [0.1, 0.15) is 59.8 Å². The van der Waals surface area contributed by atoms with Crippen LogP contribution in [-0.2, 0) is 19.0 Å². The molecule has 0 aromatic carbocycles. The molecule has 0 atom stereocenters. The molecular weight excluding hydrogens is 358 g/mol. The fraction of sp³-hybridized carbons (Fsp3) is 0.889. The summed E-state index contributed by atoms with van der Waals surface area (Å²) in [5.41, 5.74) is 3.80. The number of hydrogen-bond acceptors (Lipinski definition) is 6. The van der Waals surface area contributed by atoms with E-state index in [0.717, 1.165) is 12.8 Å². The van der Waals surface area contributed by atoms with Crippen molar-refractivity contribution in [1.82, 2.24) is 0 Å². The summed E-state index contributed by atoms with van der Waals surface area (Å²) in [5.74, 6) is 2.18. The van der Waals surface area contributed by atoms with Crippen LogP contribution in [0, 0.1) is 5.41 Å². The normalized spacial score (nSPS) is 20.0. The molecule has 2 aliphatic heterocycles. The minimum atomic E-state index is -1.33. The van der Waals surface area contributed by atoms with Crippen molar-refractivity contribution in [2.45, 2.75) is 65.6 Å². The van der Waals surface area contributed by atoms with Gasteiger partial charge in [-0.1, -0.05) is 20.3 Å². The van der Waals surface area contributed by atoms with Gasteiger partial charge in [0.25, 0.3) is 0 Å². The summed E-state index contributed by atoms with van der Waals surface area (Å²) in [4.78, 5) is 20.2. The third-order valence-electron chi connectivity index (χ3n) is 3.68. The van der Waals surface area contributed by atoms with Crippen LogP contribution in [0.15, 0.2) is 0 Å².